The van der Waals surface area contributed by atoms with Crippen LogP contribution >= 0.6 is 11.6 Å². The molecule has 0 radical (unpaired) electrons. The van der Waals surface area contributed by atoms with Crippen molar-refractivity contribution >= 4 is 17.4 Å². The van der Waals surface area contributed by atoms with Crippen LogP contribution in [0, 0.1) is 6.92 Å². The van der Waals surface area contributed by atoms with Gasteiger partial charge < -0.3 is 9.73 Å². The molecule has 0 fully saturated rings. The number of rotatable bonds is 3. The van der Waals surface area contributed by atoms with Gasteiger partial charge in [0.2, 0.25) is 0 Å². The number of aryl methyl sites for hydroxylation is 1. The molecule has 1 N–H and O–H groups in total. The van der Waals surface area contributed by atoms with Crippen molar-refractivity contribution in [2.24, 2.45) is 0 Å². The smallest absolute Gasteiger partial charge is 0.151 e. The summed E-state index contributed by atoms with van der Waals surface area (Å²) in [5, 5.41) is 11.0. The molecule has 0 saturated carbocycles. The lowest BCUT2D eigenvalue weighted by Crippen LogP contribution is -2.00. The fourth-order valence-corrected chi connectivity index (χ4v) is 1.27. The Morgan fingerprint density at radius 3 is 2.73 bits per heavy atom. The van der Waals surface area contributed by atoms with Gasteiger partial charge in [0.1, 0.15) is 17.3 Å². The average Bonchev–Trinajstić information content (AvgIpc) is 2.64. The van der Waals surface area contributed by atoms with E-state index in [2.05, 4.69) is 15.5 Å². The lowest BCUT2D eigenvalue weighted by molar-refractivity contribution is 0.490. The summed E-state index contributed by atoms with van der Waals surface area (Å²) in [4.78, 5) is 0. The van der Waals surface area contributed by atoms with Crippen LogP contribution in [0.3, 0.4) is 0 Å². The van der Waals surface area contributed by atoms with Crippen LogP contribution in [0.1, 0.15) is 11.5 Å². The van der Waals surface area contributed by atoms with Gasteiger partial charge >= 0.3 is 0 Å². The van der Waals surface area contributed by atoms with E-state index in [0.717, 1.165) is 11.5 Å². The van der Waals surface area contributed by atoms with Crippen LogP contribution < -0.4 is 5.32 Å². The summed E-state index contributed by atoms with van der Waals surface area (Å²) in [5.74, 6) is 2.44. The van der Waals surface area contributed by atoms with Crippen molar-refractivity contribution < 1.29 is 4.42 Å². The largest absolute Gasteiger partial charge is 0.465 e. The van der Waals surface area contributed by atoms with E-state index in [9.17, 15) is 0 Å². The molecule has 5 heteroatoms. The first kappa shape index (κ1) is 9.98. The topological polar surface area (TPSA) is 51.0 Å². The van der Waals surface area contributed by atoms with Crippen LogP contribution in [0.15, 0.2) is 28.7 Å². The van der Waals surface area contributed by atoms with E-state index in [4.69, 9.17) is 16.0 Å². The normalized spacial score (nSPS) is 10.3. The van der Waals surface area contributed by atoms with Crippen molar-refractivity contribution in [3.05, 3.63) is 40.9 Å². The van der Waals surface area contributed by atoms with Crippen LogP contribution in [0.2, 0.25) is 5.15 Å². The van der Waals surface area contributed by atoms with Crippen molar-refractivity contribution in [3.8, 4) is 0 Å². The molecule has 4 nitrogen and oxygen atoms in total. The summed E-state index contributed by atoms with van der Waals surface area (Å²) in [7, 11) is 0. The SMILES string of the molecule is Cc1ccc(CNc2ccc(Cl)nn2)o1. The third-order valence-corrected chi connectivity index (χ3v) is 2.07. The molecule has 0 aliphatic heterocycles. The molecule has 0 atom stereocenters. The van der Waals surface area contributed by atoms with E-state index >= 15 is 0 Å². The Balaban J connectivity index is 1.96. The van der Waals surface area contributed by atoms with Crippen molar-refractivity contribution in [1.82, 2.24) is 10.2 Å². The van der Waals surface area contributed by atoms with Gasteiger partial charge in [-0.25, -0.2) is 0 Å². The molecule has 2 rings (SSSR count). The Hall–Kier alpha value is -1.55. The second-order valence-electron chi connectivity index (χ2n) is 3.11. The van der Waals surface area contributed by atoms with Gasteiger partial charge in [-0.15, -0.1) is 10.2 Å². The maximum absolute atomic E-state index is 5.61. The first-order valence-corrected chi connectivity index (χ1v) is 4.90. The summed E-state index contributed by atoms with van der Waals surface area (Å²) in [6.45, 7) is 2.50. The monoisotopic (exact) mass is 223 g/mol. The average molecular weight is 224 g/mol. The number of anilines is 1. The minimum absolute atomic E-state index is 0.384. The van der Waals surface area contributed by atoms with Gasteiger partial charge in [0, 0.05) is 0 Å². The van der Waals surface area contributed by atoms with Gasteiger partial charge in [-0.3, -0.25) is 0 Å². The minimum Gasteiger partial charge on any atom is -0.465 e. The van der Waals surface area contributed by atoms with Gasteiger partial charge in [-0.05, 0) is 31.2 Å². The quantitative estimate of drug-likeness (QED) is 0.869. The summed E-state index contributed by atoms with van der Waals surface area (Å²) in [6.07, 6.45) is 0. The first-order chi connectivity index (χ1) is 7.24. The molecule has 0 aliphatic carbocycles. The van der Waals surface area contributed by atoms with E-state index in [1.54, 1.807) is 12.1 Å². The molecule has 2 aromatic rings. The lowest BCUT2D eigenvalue weighted by Gasteiger charge is -2.01. The Kier molecular flexibility index (Phi) is 2.87. The Bertz CT molecular complexity index is 438. The summed E-state index contributed by atoms with van der Waals surface area (Å²) < 4.78 is 5.39. The van der Waals surface area contributed by atoms with Crippen LogP contribution in [0.4, 0.5) is 5.82 Å². The Morgan fingerprint density at radius 2 is 2.13 bits per heavy atom. The number of halogens is 1. The standard InChI is InChI=1S/C10H10ClN3O/c1-7-2-3-8(15-7)6-12-10-5-4-9(11)13-14-10/h2-5H,6H2,1H3,(H,12,14). The zero-order chi connectivity index (χ0) is 10.7. The maximum Gasteiger partial charge on any atom is 0.151 e. The second kappa shape index (κ2) is 4.31. The molecule has 15 heavy (non-hydrogen) atoms. The van der Waals surface area contributed by atoms with Crippen LogP contribution in [0.5, 0.6) is 0 Å². The summed E-state index contributed by atoms with van der Waals surface area (Å²) >= 11 is 5.61. The number of nitrogens with zero attached hydrogens (tertiary/aromatic N) is 2. The van der Waals surface area contributed by atoms with E-state index in [-0.39, 0.29) is 0 Å². The highest BCUT2D eigenvalue weighted by atomic mass is 35.5. The highest BCUT2D eigenvalue weighted by Crippen LogP contribution is 2.10. The summed E-state index contributed by atoms with van der Waals surface area (Å²) in [5.41, 5.74) is 0. The zero-order valence-corrected chi connectivity index (χ0v) is 8.95. The van der Waals surface area contributed by atoms with Crippen LogP contribution in [-0.4, -0.2) is 10.2 Å². The van der Waals surface area contributed by atoms with Gasteiger partial charge in [-0.1, -0.05) is 11.6 Å². The number of furan rings is 1. The third-order valence-electron chi connectivity index (χ3n) is 1.87. The molecule has 2 aromatic heterocycles. The van der Waals surface area contributed by atoms with Crippen molar-refractivity contribution in [3.63, 3.8) is 0 Å². The molecule has 0 aromatic carbocycles. The van der Waals surface area contributed by atoms with Gasteiger partial charge in [0.05, 0.1) is 6.54 Å². The molecule has 78 valence electrons. The van der Waals surface area contributed by atoms with Crippen molar-refractivity contribution in [2.45, 2.75) is 13.5 Å². The molecule has 0 amide bonds. The van der Waals surface area contributed by atoms with E-state index in [0.29, 0.717) is 17.5 Å². The first-order valence-electron chi connectivity index (χ1n) is 4.52. The number of nitrogens with one attached hydrogen (secondary N) is 1. The molecule has 0 aliphatic rings. The van der Waals surface area contributed by atoms with Crippen molar-refractivity contribution in [2.75, 3.05) is 5.32 Å². The molecular formula is C10H10ClN3O. The van der Waals surface area contributed by atoms with Gasteiger partial charge in [-0.2, -0.15) is 0 Å². The van der Waals surface area contributed by atoms with Crippen LogP contribution in [-0.2, 0) is 6.54 Å². The fourth-order valence-electron chi connectivity index (χ4n) is 1.17. The minimum atomic E-state index is 0.384. The number of hydrogen-bond donors (Lipinski definition) is 1. The summed E-state index contributed by atoms with van der Waals surface area (Å²) in [6, 6.07) is 7.30. The molecule has 0 bridgehead atoms. The fraction of sp³-hybridized carbons (Fsp3) is 0.200. The van der Waals surface area contributed by atoms with E-state index in [1.807, 2.05) is 19.1 Å². The van der Waals surface area contributed by atoms with Gasteiger partial charge in [0.15, 0.2) is 5.15 Å². The molecule has 0 saturated heterocycles. The Labute approximate surface area is 92.3 Å². The predicted molar refractivity (Wildman–Crippen MR) is 57.8 cm³/mol. The Morgan fingerprint density at radius 1 is 1.27 bits per heavy atom. The number of hydrogen-bond acceptors (Lipinski definition) is 4. The highest BCUT2D eigenvalue weighted by molar-refractivity contribution is 6.29. The van der Waals surface area contributed by atoms with Gasteiger partial charge in [0.25, 0.3) is 0 Å². The van der Waals surface area contributed by atoms with Crippen LogP contribution in [0.25, 0.3) is 0 Å². The molecule has 0 unspecified atom stereocenters. The molecule has 2 heterocycles. The predicted octanol–water partition coefficient (Wildman–Crippen LogP) is 2.64. The van der Waals surface area contributed by atoms with Crippen molar-refractivity contribution in [1.29, 1.82) is 0 Å². The lowest BCUT2D eigenvalue weighted by atomic mass is 10.4. The third kappa shape index (κ3) is 2.70. The zero-order valence-electron chi connectivity index (χ0n) is 8.20. The van der Waals surface area contributed by atoms with E-state index < -0.39 is 0 Å². The molecular weight excluding hydrogens is 214 g/mol. The maximum atomic E-state index is 5.61. The molecule has 0 spiro atoms. The van der Waals surface area contributed by atoms with E-state index in [1.165, 1.54) is 0 Å². The highest BCUT2D eigenvalue weighted by Gasteiger charge is 1.99. The second-order valence-corrected chi connectivity index (χ2v) is 3.49. The number of aromatic nitrogens is 2.